The van der Waals surface area contributed by atoms with Crippen LogP contribution in [-0.4, -0.2) is 37.3 Å². The average Bonchev–Trinajstić information content (AvgIpc) is 3.35. The molecule has 6 nitrogen and oxygen atoms in total. The van der Waals surface area contributed by atoms with Crippen LogP contribution in [0.25, 0.3) is 0 Å². The minimum atomic E-state index is -3.65. The monoisotopic (exact) mass is 476 g/mol. The first-order chi connectivity index (χ1) is 15.3. The summed E-state index contributed by atoms with van der Waals surface area (Å²) >= 11 is 6.34. The summed E-state index contributed by atoms with van der Waals surface area (Å²) in [6, 6.07) is 11.8. The maximum Gasteiger partial charge on any atom is 0.253 e. The Morgan fingerprint density at radius 3 is 2.53 bits per heavy atom. The van der Waals surface area contributed by atoms with Crippen LogP contribution in [0.4, 0.5) is 0 Å². The Kier molecular flexibility index (Phi) is 6.52. The lowest BCUT2D eigenvalue weighted by molar-refractivity contribution is 0.0227. The molecule has 2 aliphatic heterocycles. The summed E-state index contributed by atoms with van der Waals surface area (Å²) in [6.45, 7) is 5.17. The summed E-state index contributed by atoms with van der Waals surface area (Å²) < 4.78 is 33.7. The van der Waals surface area contributed by atoms with Gasteiger partial charge in [-0.3, -0.25) is 4.79 Å². The molecule has 2 aliphatic rings. The quantitative estimate of drug-likeness (QED) is 0.640. The van der Waals surface area contributed by atoms with E-state index in [0.717, 1.165) is 37.0 Å². The van der Waals surface area contributed by atoms with Gasteiger partial charge in [0, 0.05) is 25.1 Å². The third-order valence-electron chi connectivity index (χ3n) is 6.68. The highest BCUT2D eigenvalue weighted by Crippen LogP contribution is 2.42. The second-order valence-corrected chi connectivity index (χ2v) is 10.9. The van der Waals surface area contributed by atoms with Gasteiger partial charge < -0.3 is 10.1 Å². The predicted molar refractivity (Wildman–Crippen MR) is 125 cm³/mol. The Morgan fingerprint density at radius 2 is 1.84 bits per heavy atom. The summed E-state index contributed by atoms with van der Waals surface area (Å²) in [6.07, 6.45) is 3.95. The van der Waals surface area contributed by atoms with E-state index in [-0.39, 0.29) is 27.1 Å². The lowest BCUT2D eigenvalue weighted by Crippen LogP contribution is -2.44. The Balaban J connectivity index is 1.64. The highest BCUT2D eigenvalue weighted by Gasteiger charge is 2.39. The van der Waals surface area contributed by atoms with E-state index >= 15 is 0 Å². The van der Waals surface area contributed by atoms with E-state index < -0.39 is 15.9 Å². The van der Waals surface area contributed by atoms with Gasteiger partial charge in [0.1, 0.15) is 11.4 Å². The minimum Gasteiger partial charge on any atom is -0.487 e. The molecule has 0 saturated carbocycles. The number of benzene rings is 2. The maximum absolute atomic E-state index is 13.3. The van der Waals surface area contributed by atoms with Gasteiger partial charge in [0.05, 0.1) is 21.5 Å². The van der Waals surface area contributed by atoms with Crippen molar-refractivity contribution in [3.05, 3.63) is 58.6 Å². The van der Waals surface area contributed by atoms with E-state index in [0.29, 0.717) is 19.5 Å². The van der Waals surface area contributed by atoms with E-state index in [9.17, 15) is 13.2 Å². The molecule has 1 atom stereocenters. The molecule has 1 fully saturated rings. The number of rotatable bonds is 6. The molecule has 0 spiro atoms. The van der Waals surface area contributed by atoms with Crippen LogP contribution in [0, 0.1) is 0 Å². The van der Waals surface area contributed by atoms with Crippen LogP contribution in [0.1, 0.15) is 67.9 Å². The van der Waals surface area contributed by atoms with Crippen molar-refractivity contribution in [2.24, 2.45) is 0 Å². The number of carbonyl (C=O) groups is 1. The molecule has 2 heterocycles. The SMILES string of the molecule is CCC1(CC)CC(NC(=O)c2cc(S(=O)(=O)N3CCCC3)ccc2Cl)c2ccccc2O1. The van der Waals surface area contributed by atoms with Crippen molar-refractivity contribution in [3.8, 4) is 5.75 Å². The van der Waals surface area contributed by atoms with E-state index in [4.69, 9.17) is 16.3 Å². The third kappa shape index (κ3) is 4.26. The van der Waals surface area contributed by atoms with Gasteiger partial charge in [0.25, 0.3) is 5.91 Å². The molecule has 0 aliphatic carbocycles. The molecule has 0 aromatic heterocycles. The molecule has 2 aromatic rings. The molecule has 172 valence electrons. The largest absolute Gasteiger partial charge is 0.487 e. The minimum absolute atomic E-state index is 0.0952. The van der Waals surface area contributed by atoms with Crippen LogP contribution in [0.3, 0.4) is 0 Å². The zero-order valence-corrected chi connectivity index (χ0v) is 20.0. The van der Waals surface area contributed by atoms with Crippen LogP contribution in [0.5, 0.6) is 5.75 Å². The van der Waals surface area contributed by atoms with Gasteiger partial charge in [-0.1, -0.05) is 43.6 Å². The number of nitrogens with zero attached hydrogens (tertiary/aromatic N) is 1. The molecule has 2 aromatic carbocycles. The fraction of sp³-hybridized carbons (Fsp3) is 0.458. The van der Waals surface area contributed by atoms with Gasteiger partial charge in [-0.25, -0.2) is 8.42 Å². The first-order valence-electron chi connectivity index (χ1n) is 11.2. The Morgan fingerprint density at radius 1 is 1.16 bits per heavy atom. The zero-order valence-electron chi connectivity index (χ0n) is 18.4. The summed E-state index contributed by atoms with van der Waals surface area (Å²) in [5.41, 5.74) is 0.710. The van der Waals surface area contributed by atoms with Gasteiger partial charge in [-0.2, -0.15) is 4.31 Å². The molecule has 1 saturated heterocycles. The van der Waals surface area contributed by atoms with Gasteiger partial charge in [0.2, 0.25) is 10.0 Å². The van der Waals surface area contributed by atoms with Gasteiger partial charge in [-0.05, 0) is 49.9 Å². The number of para-hydroxylation sites is 1. The zero-order chi connectivity index (χ0) is 22.9. The van der Waals surface area contributed by atoms with Gasteiger partial charge >= 0.3 is 0 Å². The molecule has 32 heavy (non-hydrogen) atoms. The Hall–Kier alpha value is -2.09. The maximum atomic E-state index is 13.3. The Bertz CT molecular complexity index is 1110. The predicted octanol–water partition coefficient (Wildman–Crippen LogP) is 4.94. The number of hydrogen-bond acceptors (Lipinski definition) is 4. The first kappa shape index (κ1) is 23.1. The van der Waals surface area contributed by atoms with Crippen LogP contribution >= 0.6 is 11.6 Å². The number of halogens is 1. The number of ether oxygens (including phenoxy) is 1. The fourth-order valence-electron chi connectivity index (χ4n) is 4.58. The average molecular weight is 477 g/mol. The number of fused-ring (bicyclic) bond motifs is 1. The van der Waals surface area contributed by atoms with E-state index in [2.05, 4.69) is 19.2 Å². The lowest BCUT2D eigenvalue weighted by Gasteiger charge is -2.41. The van der Waals surface area contributed by atoms with Crippen molar-refractivity contribution in [2.45, 2.75) is 62.5 Å². The number of carbonyl (C=O) groups excluding carboxylic acids is 1. The van der Waals surface area contributed by atoms with E-state index in [1.807, 2.05) is 24.3 Å². The molecular weight excluding hydrogens is 448 g/mol. The second-order valence-electron chi connectivity index (χ2n) is 8.51. The standard InChI is InChI=1S/C24H29ClN2O4S/c1-3-24(4-2)16-21(18-9-5-6-10-22(18)31-24)26-23(28)19-15-17(11-12-20(19)25)32(29,30)27-13-7-8-14-27/h5-6,9-12,15,21H,3-4,7-8,13-14,16H2,1-2H3,(H,26,28). The summed E-state index contributed by atoms with van der Waals surface area (Å²) in [5.74, 6) is 0.375. The number of sulfonamides is 1. The molecule has 4 rings (SSSR count). The van der Waals surface area contributed by atoms with Crippen LogP contribution in [0.15, 0.2) is 47.4 Å². The van der Waals surface area contributed by atoms with Crippen molar-refractivity contribution in [1.82, 2.24) is 9.62 Å². The number of amides is 1. The number of nitrogens with one attached hydrogen (secondary N) is 1. The molecule has 0 radical (unpaired) electrons. The smallest absolute Gasteiger partial charge is 0.253 e. The normalized spacial score (nSPS) is 20.4. The van der Waals surface area contributed by atoms with E-state index in [1.165, 1.54) is 22.5 Å². The molecule has 0 bridgehead atoms. The molecule has 1 unspecified atom stereocenters. The number of hydrogen-bond donors (Lipinski definition) is 1. The summed E-state index contributed by atoms with van der Waals surface area (Å²) in [4.78, 5) is 13.4. The van der Waals surface area contributed by atoms with Crippen molar-refractivity contribution in [1.29, 1.82) is 0 Å². The Labute approximate surface area is 195 Å². The highest BCUT2D eigenvalue weighted by atomic mass is 35.5. The molecule has 1 amide bonds. The summed E-state index contributed by atoms with van der Waals surface area (Å²) in [5, 5.41) is 3.31. The first-order valence-corrected chi connectivity index (χ1v) is 13.0. The van der Waals surface area contributed by atoms with E-state index in [1.54, 1.807) is 0 Å². The van der Waals surface area contributed by atoms with Crippen molar-refractivity contribution in [2.75, 3.05) is 13.1 Å². The summed E-state index contributed by atoms with van der Waals surface area (Å²) in [7, 11) is -3.65. The van der Waals surface area contributed by atoms with Crippen LogP contribution < -0.4 is 10.1 Å². The van der Waals surface area contributed by atoms with Crippen molar-refractivity contribution in [3.63, 3.8) is 0 Å². The highest BCUT2D eigenvalue weighted by molar-refractivity contribution is 7.89. The molecule has 8 heteroatoms. The topological polar surface area (TPSA) is 75.7 Å². The van der Waals surface area contributed by atoms with Crippen molar-refractivity contribution >= 4 is 27.5 Å². The molecular formula is C24H29ClN2O4S. The van der Waals surface area contributed by atoms with Crippen LogP contribution in [-0.2, 0) is 10.0 Å². The third-order valence-corrected chi connectivity index (χ3v) is 8.90. The van der Waals surface area contributed by atoms with Gasteiger partial charge in [-0.15, -0.1) is 0 Å². The van der Waals surface area contributed by atoms with Crippen molar-refractivity contribution < 1.29 is 17.9 Å². The second kappa shape index (κ2) is 9.04. The van der Waals surface area contributed by atoms with Gasteiger partial charge in [0.15, 0.2) is 0 Å². The van der Waals surface area contributed by atoms with Crippen LogP contribution in [0.2, 0.25) is 5.02 Å². The molecule has 1 N–H and O–H groups in total. The lowest BCUT2D eigenvalue weighted by atomic mass is 9.83. The fourth-order valence-corrected chi connectivity index (χ4v) is 6.33.